The van der Waals surface area contributed by atoms with Crippen molar-refractivity contribution in [3.05, 3.63) is 24.2 Å². The Balaban J connectivity index is 1.87. The first-order valence-electron chi connectivity index (χ1n) is 6.35. The molecule has 0 amide bonds. The van der Waals surface area contributed by atoms with Crippen molar-refractivity contribution in [2.75, 3.05) is 19.6 Å². The standard InChI is InChI=1S/C13H22N2O/c1-2-4-13-10-15(7-3-6-14-13)9-12-5-8-16-11-12/h5,8,11,13-14H,2-4,6-7,9-10H2,1H3. The van der Waals surface area contributed by atoms with Crippen molar-refractivity contribution in [1.29, 1.82) is 0 Å². The van der Waals surface area contributed by atoms with Gasteiger partial charge in [-0.3, -0.25) is 4.90 Å². The highest BCUT2D eigenvalue weighted by molar-refractivity contribution is 5.05. The molecule has 1 fully saturated rings. The van der Waals surface area contributed by atoms with Crippen molar-refractivity contribution >= 4 is 0 Å². The fourth-order valence-corrected chi connectivity index (χ4v) is 2.40. The Kier molecular flexibility index (Phi) is 4.43. The average Bonchev–Trinajstić information content (AvgIpc) is 2.67. The number of nitrogens with one attached hydrogen (secondary N) is 1. The Morgan fingerprint density at radius 2 is 2.50 bits per heavy atom. The first kappa shape index (κ1) is 11.7. The molecule has 1 aliphatic rings. The molecule has 1 saturated heterocycles. The van der Waals surface area contributed by atoms with Crippen molar-refractivity contribution < 1.29 is 4.42 Å². The van der Waals surface area contributed by atoms with Crippen LogP contribution in [0.25, 0.3) is 0 Å². The summed E-state index contributed by atoms with van der Waals surface area (Å²) >= 11 is 0. The molecule has 0 radical (unpaired) electrons. The van der Waals surface area contributed by atoms with Crippen LogP contribution in [0.5, 0.6) is 0 Å². The summed E-state index contributed by atoms with van der Waals surface area (Å²) in [5.74, 6) is 0. The largest absolute Gasteiger partial charge is 0.472 e. The smallest absolute Gasteiger partial charge is 0.0947 e. The van der Waals surface area contributed by atoms with Crippen molar-refractivity contribution in [3.8, 4) is 0 Å². The molecule has 1 atom stereocenters. The van der Waals surface area contributed by atoms with Gasteiger partial charge < -0.3 is 9.73 Å². The molecule has 2 heterocycles. The molecule has 0 aromatic carbocycles. The second-order valence-electron chi connectivity index (χ2n) is 4.66. The number of rotatable bonds is 4. The molecule has 3 heteroatoms. The fraction of sp³-hybridized carbons (Fsp3) is 0.692. The second-order valence-corrected chi connectivity index (χ2v) is 4.66. The van der Waals surface area contributed by atoms with E-state index in [9.17, 15) is 0 Å². The van der Waals surface area contributed by atoms with Gasteiger partial charge in [0.05, 0.1) is 12.5 Å². The molecule has 2 rings (SSSR count). The van der Waals surface area contributed by atoms with E-state index >= 15 is 0 Å². The Bertz CT molecular complexity index is 284. The molecule has 0 saturated carbocycles. The van der Waals surface area contributed by atoms with Gasteiger partial charge in [0.25, 0.3) is 0 Å². The third kappa shape index (κ3) is 3.35. The molecule has 90 valence electrons. The summed E-state index contributed by atoms with van der Waals surface area (Å²) in [7, 11) is 0. The van der Waals surface area contributed by atoms with Crippen LogP contribution >= 0.6 is 0 Å². The average molecular weight is 222 g/mol. The van der Waals surface area contributed by atoms with Gasteiger partial charge in [0.1, 0.15) is 0 Å². The quantitative estimate of drug-likeness (QED) is 0.847. The molecule has 16 heavy (non-hydrogen) atoms. The van der Waals surface area contributed by atoms with E-state index in [0.717, 1.165) is 13.1 Å². The van der Waals surface area contributed by atoms with Crippen molar-refractivity contribution in [2.45, 2.75) is 38.8 Å². The lowest BCUT2D eigenvalue weighted by atomic mass is 10.1. The summed E-state index contributed by atoms with van der Waals surface area (Å²) in [6.45, 7) is 6.80. The van der Waals surface area contributed by atoms with Crippen LogP contribution in [-0.4, -0.2) is 30.6 Å². The van der Waals surface area contributed by atoms with E-state index in [4.69, 9.17) is 4.42 Å². The molecular weight excluding hydrogens is 200 g/mol. The number of hydrogen-bond acceptors (Lipinski definition) is 3. The first-order chi connectivity index (χ1) is 7.88. The monoisotopic (exact) mass is 222 g/mol. The second kappa shape index (κ2) is 6.06. The van der Waals surface area contributed by atoms with Crippen LogP contribution in [-0.2, 0) is 6.54 Å². The maximum absolute atomic E-state index is 5.12. The third-order valence-electron chi connectivity index (χ3n) is 3.19. The zero-order valence-corrected chi connectivity index (χ0v) is 10.1. The van der Waals surface area contributed by atoms with Gasteiger partial charge in [-0.25, -0.2) is 0 Å². The van der Waals surface area contributed by atoms with Crippen LogP contribution in [0.3, 0.4) is 0 Å². The van der Waals surface area contributed by atoms with Gasteiger partial charge in [0.2, 0.25) is 0 Å². The number of hydrogen-bond donors (Lipinski definition) is 1. The lowest BCUT2D eigenvalue weighted by molar-refractivity contribution is 0.254. The van der Waals surface area contributed by atoms with E-state index < -0.39 is 0 Å². The number of nitrogens with zero attached hydrogens (tertiary/aromatic N) is 1. The highest BCUT2D eigenvalue weighted by Gasteiger charge is 2.16. The molecule has 1 aromatic rings. The van der Waals surface area contributed by atoms with Crippen LogP contribution in [0.4, 0.5) is 0 Å². The number of furan rings is 1. The highest BCUT2D eigenvalue weighted by Crippen LogP contribution is 2.10. The Morgan fingerprint density at radius 1 is 1.56 bits per heavy atom. The fourth-order valence-electron chi connectivity index (χ4n) is 2.40. The normalized spacial score (nSPS) is 23.2. The summed E-state index contributed by atoms with van der Waals surface area (Å²) in [4.78, 5) is 2.53. The third-order valence-corrected chi connectivity index (χ3v) is 3.19. The molecule has 0 spiro atoms. The Hall–Kier alpha value is -0.800. The summed E-state index contributed by atoms with van der Waals surface area (Å²) in [6.07, 6.45) is 7.40. The minimum absolute atomic E-state index is 0.666. The molecule has 1 aromatic heterocycles. The van der Waals surface area contributed by atoms with Gasteiger partial charge in [-0.2, -0.15) is 0 Å². The zero-order chi connectivity index (χ0) is 11.2. The van der Waals surface area contributed by atoms with E-state index in [1.165, 1.54) is 37.9 Å². The van der Waals surface area contributed by atoms with Gasteiger partial charge in [-0.15, -0.1) is 0 Å². The van der Waals surface area contributed by atoms with E-state index in [1.807, 2.05) is 6.26 Å². The molecule has 1 N–H and O–H groups in total. The zero-order valence-electron chi connectivity index (χ0n) is 10.1. The summed E-state index contributed by atoms with van der Waals surface area (Å²) < 4.78 is 5.12. The van der Waals surface area contributed by atoms with E-state index in [0.29, 0.717) is 6.04 Å². The van der Waals surface area contributed by atoms with Gasteiger partial charge in [0.15, 0.2) is 0 Å². The van der Waals surface area contributed by atoms with Gasteiger partial charge >= 0.3 is 0 Å². The van der Waals surface area contributed by atoms with E-state index in [1.54, 1.807) is 6.26 Å². The van der Waals surface area contributed by atoms with Gasteiger partial charge in [-0.05, 0) is 32.0 Å². The molecule has 3 nitrogen and oxygen atoms in total. The summed E-state index contributed by atoms with van der Waals surface area (Å²) in [5, 5.41) is 3.63. The van der Waals surface area contributed by atoms with Crippen LogP contribution in [0.1, 0.15) is 31.7 Å². The lowest BCUT2D eigenvalue weighted by Gasteiger charge is -2.23. The van der Waals surface area contributed by atoms with Crippen LogP contribution in [0.15, 0.2) is 23.0 Å². The van der Waals surface area contributed by atoms with Gasteiger partial charge in [-0.1, -0.05) is 13.3 Å². The molecule has 1 aliphatic heterocycles. The maximum Gasteiger partial charge on any atom is 0.0947 e. The van der Waals surface area contributed by atoms with Crippen LogP contribution < -0.4 is 5.32 Å². The molecule has 0 aliphatic carbocycles. The van der Waals surface area contributed by atoms with Crippen molar-refractivity contribution in [2.24, 2.45) is 0 Å². The molecule has 0 bridgehead atoms. The van der Waals surface area contributed by atoms with Crippen molar-refractivity contribution in [1.82, 2.24) is 10.2 Å². The van der Waals surface area contributed by atoms with Crippen LogP contribution in [0, 0.1) is 0 Å². The highest BCUT2D eigenvalue weighted by atomic mass is 16.3. The first-order valence-corrected chi connectivity index (χ1v) is 6.35. The van der Waals surface area contributed by atoms with Crippen molar-refractivity contribution in [3.63, 3.8) is 0 Å². The maximum atomic E-state index is 5.12. The lowest BCUT2D eigenvalue weighted by Crippen LogP contribution is -2.37. The molecular formula is C13H22N2O. The summed E-state index contributed by atoms with van der Waals surface area (Å²) in [6, 6.07) is 2.73. The predicted octanol–water partition coefficient (Wildman–Crippen LogP) is 2.24. The SMILES string of the molecule is CCCC1CN(Cc2ccoc2)CCCN1. The minimum atomic E-state index is 0.666. The molecule has 1 unspecified atom stereocenters. The van der Waals surface area contributed by atoms with Gasteiger partial charge in [0, 0.05) is 24.7 Å². The minimum Gasteiger partial charge on any atom is -0.472 e. The predicted molar refractivity (Wildman–Crippen MR) is 65.3 cm³/mol. The Labute approximate surface area is 97.8 Å². The topological polar surface area (TPSA) is 28.4 Å². The van der Waals surface area contributed by atoms with E-state index in [2.05, 4.69) is 23.2 Å². The Morgan fingerprint density at radius 3 is 3.25 bits per heavy atom. The van der Waals surface area contributed by atoms with Crippen LogP contribution in [0.2, 0.25) is 0 Å². The summed E-state index contributed by atoms with van der Waals surface area (Å²) in [5.41, 5.74) is 1.29. The van der Waals surface area contributed by atoms with E-state index in [-0.39, 0.29) is 0 Å².